The van der Waals surface area contributed by atoms with Crippen molar-refractivity contribution >= 4 is 23.6 Å². The number of fused-ring (bicyclic) bond motifs is 1. The molecule has 3 unspecified atom stereocenters. The van der Waals surface area contributed by atoms with E-state index in [4.69, 9.17) is 0 Å². The van der Waals surface area contributed by atoms with E-state index in [1.165, 1.54) is 10.5 Å². The monoisotopic (exact) mass is 305 g/mol. The van der Waals surface area contributed by atoms with Crippen molar-refractivity contribution in [2.24, 2.45) is 11.8 Å². The van der Waals surface area contributed by atoms with Crippen LogP contribution in [0, 0.1) is 11.8 Å². The maximum absolute atomic E-state index is 12.7. The number of amides is 1. The fourth-order valence-corrected chi connectivity index (χ4v) is 4.51. The number of benzene rings is 1. The van der Waals surface area contributed by atoms with Gasteiger partial charge >= 0.3 is 5.97 Å². The van der Waals surface area contributed by atoms with Gasteiger partial charge in [0.25, 0.3) is 0 Å². The predicted molar refractivity (Wildman–Crippen MR) is 81.3 cm³/mol. The maximum atomic E-state index is 12.7. The topological polar surface area (TPSA) is 57.6 Å². The van der Waals surface area contributed by atoms with E-state index >= 15 is 0 Å². The van der Waals surface area contributed by atoms with Crippen LogP contribution in [0.4, 0.5) is 0 Å². The molecule has 2 aliphatic rings. The number of nitrogens with zero attached hydrogens (tertiary/aromatic N) is 1. The smallest absolute Gasteiger partial charge is 0.308 e. The number of rotatable bonds is 2. The minimum Gasteiger partial charge on any atom is -0.481 e. The second-order valence-corrected chi connectivity index (χ2v) is 7.28. The van der Waals surface area contributed by atoms with Gasteiger partial charge < -0.3 is 10.0 Å². The number of likely N-dealkylation sites (tertiary alicyclic amines) is 1. The first-order valence-electron chi connectivity index (χ1n) is 7.30. The number of piperidine rings is 1. The molecule has 0 aromatic heterocycles. The van der Waals surface area contributed by atoms with Gasteiger partial charge in [0.15, 0.2) is 0 Å². The molecule has 2 aliphatic heterocycles. The Bertz CT molecular complexity index is 549. The molecule has 1 fully saturated rings. The molecule has 1 N–H and O–H groups in total. The van der Waals surface area contributed by atoms with Gasteiger partial charge in [-0.05, 0) is 30.4 Å². The number of carboxylic acids is 1. The molecule has 4 nitrogen and oxygen atoms in total. The van der Waals surface area contributed by atoms with Crippen LogP contribution in [-0.4, -0.2) is 40.2 Å². The third-order valence-corrected chi connectivity index (χ3v) is 5.55. The summed E-state index contributed by atoms with van der Waals surface area (Å²) in [5, 5.41) is 9.12. The maximum Gasteiger partial charge on any atom is 0.308 e. The molecule has 112 valence electrons. The summed E-state index contributed by atoms with van der Waals surface area (Å²) >= 11 is 1.61. The molecule has 5 heteroatoms. The number of thioether (sulfide) groups is 1. The molecule has 2 heterocycles. The molecule has 0 bridgehead atoms. The van der Waals surface area contributed by atoms with Crippen LogP contribution >= 0.6 is 11.8 Å². The third-order valence-electron chi connectivity index (χ3n) is 4.24. The van der Waals surface area contributed by atoms with Crippen LogP contribution in [0.1, 0.15) is 18.9 Å². The van der Waals surface area contributed by atoms with Crippen molar-refractivity contribution in [1.82, 2.24) is 4.90 Å². The van der Waals surface area contributed by atoms with E-state index in [0.717, 1.165) is 6.42 Å². The fourth-order valence-electron chi connectivity index (χ4n) is 3.23. The Morgan fingerprint density at radius 1 is 1.29 bits per heavy atom. The Balaban J connectivity index is 1.70. The van der Waals surface area contributed by atoms with Crippen LogP contribution in [0.5, 0.6) is 0 Å². The Morgan fingerprint density at radius 3 is 2.76 bits per heavy atom. The third kappa shape index (κ3) is 2.93. The van der Waals surface area contributed by atoms with Crippen molar-refractivity contribution in [3.63, 3.8) is 0 Å². The van der Waals surface area contributed by atoms with E-state index in [0.29, 0.717) is 19.5 Å². The van der Waals surface area contributed by atoms with Crippen LogP contribution in [0.2, 0.25) is 0 Å². The highest BCUT2D eigenvalue weighted by molar-refractivity contribution is 8.01. The summed E-state index contributed by atoms with van der Waals surface area (Å²) in [7, 11) is 0. The summed E-state index contributed by atoms with van der Waals surface area (Å²) < 4.78 is 0. The fraction of sp³-hybridized carbons (Fsp3) is 0.500. The first-order chi connectivity index (χ1) is 10.0. The minimum atomic E-state index is -0.790. The highest BCUT2D eigenvalue weighted by Gasteiger charge is 2.36. The van der Waals surface area contributed by atoms with Crippen LogP contribution in [0.3, 0.4) is 0 Å². The van der Waals surface area contributed by atoms with E-state index in [9.17, 15) is 14.7 Å². The quantitative estimate of drug-likeness (QED) is 0.910. The average Bonchev–Trinajstić information content (AvgIpc) is 2.89. The molecule has 3 rings (SSSR count). The van der Waals surface area contributed by atoms with E-state index in [2.05, 4.69) is 6.07 Å². The Kier molecular flexibility index (Phi) is 3.93. The van der Waals surface area contributed by atoms with Crippen molar-refractivity contribution < 1.29 is 14.7 Å². The SMILES string of the molecule is CC1CC(C(=O)O)CN(C(=O)C2Cc3ccccc3S2)C1. The lowest BCUT2D eigenvalue weighted by atomic mass is 9.90. The van der Waals surface area contributed by atoms with Gasteiger partial charge in [-0.25, -0.2) is 0 Å². The summed E-state index contributed by atoms with van der Waals surface area (Å²) in [5.74, 6) is -0.875. The first-order valence-corrected chi connectivity index (χ1v) is 8.18. The molecule has 0 aliphatic carbocycles. The molecule has 0 saturated carbocycles. The van der Waals surface area contributed by atoms with Crippen LogP contribution in [0.15, 0.2) is 29.2 Å². The van der Waals surface area contributed by atoms with Crippen LogP contribution in [0.25, 0.3) is 0 Å². The molecule has 21 heavy (non-hydrogen) atoms. The van der Waals surface area contributed by atoms with Gasteiger partial charge in [-0.15, -0.1) is 11.8 Å². The second kappa shape index (κ2) is 5.72. The summed E-state index contributed by atoms with van der Waals surface area (Å²) in [6.45, 7) is 3.05. The van der Waals surface area contributed by atoms with Gasteiger partial charge in [-0.1, -0.05) is 25.1 Å². The zero-order chi connectivity index (χ0) is 15.0. The molecular weight excluding hydrogens is 286 g/mol. The van der Waals surface area contributed by atoms with E-state index in [1.807, 2.05) is 25.1 Å². The molecule has 1 aromatic rings. The number of carboxylic acid groups (broad SMARTS) is 1. The Hall–Kier alpha value is -1.49. The molecule has 1 aromatic carbocycles. The number of aliphatic carboxylic acids is 1. The summed E-state index contributed by atoms with van der Waals surface area (Å²) in [5.41, 5.74) is 1.22. The van der Waals surface area contributed by atoms with Crippen molar-refractivity contribution in [3.8, 4) is 0 Å². The normalized spacial score (nSPS) is 28.2. The van der Waals surface area contributed by atoms with Gasteiger partial charge in [-0.2, -0.15) is 0 Å². The summed E-state index contributed by atoms with van der Waals surface area (Å²) in [6.07, 6.45) is 1.42. The van der Waals surface area contributed by atoms with Crippen molar-refractivity contribution in [2.75, 3.05) is 13.1 Å². The number of hydrogen-bond acceptors (Lipinski definition) is 3. The highest BCUT2D eigenvalue weighted by Crippen LogP contribution is 2.38. The van der Waals surface area contributed by atoms with Crippen molar-refractivity contribution in [1.29, 1.82) is 0 Å². The number of hydrogen-bond donors (Lipinski definition) is 1. The van der Waals surface area contributed by atoms with Crippen molar-refractivity contribution in [2.45, 2.75) is 29.9 Å². The molecule has 0 spiro atoms. The van der Waals surface area contributed by atoms with Crippen LogP contribution < -0.4 is 0 Å². The predicted octanol–water partition coefficient (Wildman–Crippen LogP) is 2.27. The van der Waals surface area contributed by atoms with E-state index in [1.54, 1.807) is 16.7 Å². The van der Waals surface area contributed by atoms with Gasteiger partial charge in [0.05, 0.1) is 11.2 Å². The lowest BCUT2D eigenvalue weighted by molar-refractivity contribution is -0.146. The first kappa shape index (κ1) is 14.4. The molecule has 1 saturated heterocycles. The second-order valence-electron chi connectivity index (χ2n) is 6.04. The average molecular weight is 305 g/mol. The number of carbonyl (C=O) groups excluding carboxylic acids is 1. The standard InChI is InChI=1S/C16H19NO3S/c1-10-6-12(16(19)20)9-17(8-10)15(18)14-7-11-4-2-3-5-13(11)21-14/h2-5,10,12,14H,6-9H2,1H3,(H,19,20). The number of carbonyl (C=O) groups is 2. The Labute approximate surface area is 128 Å². The largest absolute Gasteiger partial charge is 0.481 e. The van der Waals surface area contributed by atoms with Gasteiger partial charge in [0, 0.05) is 18.0 Å². The molecule has 3 atom stereocenters. The Morgan fingerprint density at radius 2 is 2.05 bits per heavy atom. The van der Waals surface area contributed by atoms with Gasteiger partial charge in [0.2, 0.25) is 5.91 Å². The van der Waals surface area contributed by atoms with Crippen LogP contribution in [-0.2, 0) is 16.0 Å². The lowest BCUT2D eigenvalue weighted by Crippen LogP contribution is -2.48. The lowest BCUT2D eigenvalue weighted by Gasteiger charge is -2.35. The summed E-state index contributed by atoms with van der Waals surface area (Å²) in [4.78, 5) is 26.9. The van der Waals surface area contributed by atoms with E-state index < -0.39 is 11.9 Å². The minimum absolute atomic E-state index is 0.0917. The zero-order valence-corrected chi connectivity index (χ0v) is 12.8. The molecule has 0 radical (unpaired) electrons. The van der Waals surface area contributed by atoms with E-state index in [-0.39, 0.29) is 17.1 Å². The molecular formula is C16H19NO3S. The molecule has 1 amide bonds. The van der Waals surface area contributed by atoms with Crippen molar-refractivity contribution in [3.05, 3.63) is 29.8 Å². The summed E-state index contributed by atoms with van der Waals surface area (Å²) in [6, 6.07) is 8.10. The van der Waals surface area contributed by atoms with Gasteiger partial charge in [0.1, 0.15) is 0 Å². The zero-order valence-electron chi connectivity index (χ0n) is 12.0. The highest BCUT2D eigenvalue weighted by atomic mass is 32.2. The van der Waals surface area contributed by atoms with Gasteiger partial charge in [-0.3, -0.25) is 9.59 Å².